The minimum absolute atomic E-state index is 0.604. The lowest BCUT2D eigenvalue weighted by Crippen LogP contribution is -2.26. The molecule has 0 rings (SSSR count). The molecule has 1 N–H and O–H groups in total. The van der Waals surface area contributed by atoms with Crippen LogP contribution in [0.15, 0.2) is 25.3 Å². The van der Waals surface area contributed by atoms with Gasteiger partial charge in [0.2, 0.25) is 0 Å². The van der Waals surface area contributed by atoms with Gasteiger partial charge in [0.1, 0.15) is 5.41 Å². The summed E-state index contributed by atoms with van der Waals surface area (Å²) >= 11 is 0. The Morgan fingerprint density at radius 3 is 1.85 bits per heavy atom. The molecule has 0 aromatic heterocycles. The Bertz CT molecular complexity index is 275. The third kappa shape index (κ3) is 3.65. The Morgan fingerprint density at radius 1 is 1.23 bits per heavy atom. The van der Waals surface area contributed by atoms with Gasteiger partial charge in [-0.3, -0.25) is 0 Å². The van der Waals surface area contributed by atoms with Crippen molar-refractivity contribution < 1.29 is 5.11 Å². The zero-order valence-corrected chi connectivity index (χ0v) is 8.09. The summed E-state index contributed by atoms with van der Waals surface area (Å²) in [6.07, 6.45) is 2.36. The largest absolute Gasteiger partial charge is 0.391 e. The molecule has 13 heavy (non-hydrogen) atoms. The number of hydrogen-bond donors (Lipinski definition) is 1. The molecule has 0 aromatic rings. The van der Waals surface area contributed by atoms with E-state index in [1.165, 1.54) is 12.2 Å². The van der Waals surface area contributed by atoms with E-state index in [4.69, 9.17) is 0 Å². The maximum atomic E-state index is 9.45. The molecule has 1 heteroatoms. The topological polar surface area (TPSA) is 20.2 Å². The molecule has 0 aromatic carbocycles. The third-order valence-electron chi connectivity index (χ3n) is 1.70. The van der Waals surface area contributed by atoms with Crippen LogP contribution in [0.2, 0.25) is 0 Å². The molecule has 1 unspecified atom stereocenters. The Balaban J connectivity index is 4.93. The van der Waals surface area contributed by atoms with E-state index in [-0.39, 0.29) is 0 Å². The van der Waals surface area contributed by atoms with Gasteiger partial charge in [0, 0.05) is 0 Å². The number of allylic oxidation sites excluding steroid dienone is 2. The summed E-state index contributed by atoms with van der Waals surface area (Å²) in [6.45, 7) is 10.4. The number of aliphatic hydroxyl groups excluding tert-OH is 1. The second-order valence-electron chi connectivity index (χ2n) is 2.83. The molecule has 0 aliphatic carbocycles. The fourth-order valence-electron chi connectivity index (χ4n) is 0.642. The summed E-state index contributed by atoms with van der Waals surface area (Å²) in [5, 5.41) is 9.45. The molecule has 0 heterocycles. The quantitative estimate of drug-likeness (QED) is 0.600. The van der Waals surface area contributed by atoms with E-state index in [1.54, 1.807) is 13.8 Å². The average Bonchev–Trinajstić information content (AvgIpc) is 2.11. The lowest BCUT2D eigenvalue weighted by Gasteiger charge is -2.19. The highest BCUT2D eigenvalue weighted by Gasteiger charge is 2.24. The summed E-state index contributed by atoms with van der Waals surface area (Å²) in [6, 6.07) is 0. The van der Waals surface area contributed by atoms with Crippen LogP contribution in [0.5, 0.6) is 0 Å². The predicted octanol–water partition coefficient (Wildman–Crippen LogP) is 1.75. The van der Waals surface area contributed by atoms with Gasteiger partial charge in [-0.25, -0.2) is 0 Å². The zero-order valence-electron chi connectivity index (χ0n) is 8.09. The summed E-state index contributed by atoms with van der Waals surface area (Å²) in [5.41, 5.74) is -0.706. The Kier molecular flexibility index (Phi) is 4.67. The van der Waals surface area contributed by atoms with Gasteiger partial charge in [0.25, 0.3) is 0 Å². The van der Waals surface area contributed by atoms with Crippen LogP contribution in [0.1, 0.15) is 13.8 Å². The van der Waals surface area contributed by atoms with Crippen LogP contribution in [-0.4, -0.2) is 11.2 Å². The summed E-state index contributed by atoms with van der Waals surface area (Å²) < 4.78 is 0. The van der Waals surface area contributed by atoms with Gasteiger partial charge in [-0.2, -0.15) is 0 Å². The molecule has 0 aliphatic rings. The van der Waals surface area contributed by atoms with E-state index >= 15 is 0 Å². The standard InChI is InChI=1S/C12H14O/c1-5-7-9-12(4,11(3)13)10-8-6-2/h5-6,11,13H,1-2H2,3-4H3. The second-order valence-corrected chi connectivity index (χ2v) is 2.83. The molecule has 0 bridgehead atoms. The first-order valence-corrected chi connectivity index (χ1v) is 4.02. The molecular weight excluding hydrogens is 160 g/mol. The Labute approximate surface area is 80.2 Å². The van der Waals surface area contributed by atoms with E-state index in [0.29, 0.717) is 0 Å². The van der Waals surface area contributed by atoms with E-state index in [1.807, 2.05) is 0 Å². The normalized spacial score (nSPS) is 11.3. The van der Waals surface area contributed by atoms with E-state index in [2.05, 4.69) is 36.8 Å². The highest BCUT2D eigenvalue weighted by Crippen LogP contribution is 2.18. The number of aliphatic hydroxyl groups is 1. The van der Waals surface area contributed by atoms with E-state index in [0.717, 1.165) is 0 Å². The number of hydrogen-bond acceptors (Lipinski definition) is 1. The van der Waals surface area contributed by atoms with Crippen molar-refractivity contribution in [3.05, 3.63) is 25.3 Å². The first-order chi connectivity index (χ1) is 6.06. The van der Waals surface area contributed by atoms with Crippen molar-refractivity contribution in [1.82, 2.24) is 0 Å². The lowest BCUT2D eigenvalue weighted by molar-refractivity contribution is 0.128. The minimum Gasteiger partial charge on any atom is -0.391 e. The molecule has 1 atom stereocenters. The molecule has 0 saturated heterocycles. The summed E-state index contributed by atoms with van der Waals surface area (Å²) in [5.74, 6) is 11.1. The SMILES string of the molecule is C=CC#CC(C)(C#CC=C)C(C)O. The summed E-state index contributed by atoms with van der Waals surface area (Å²) in [4.78, 5) is 0. The van der Waals surface area contributed by atoms with Crippen molar-refractivity contribution in [2.24, 2.45) is 5.41 Å². The highest BCUT2D eigenvalue weighted by atomic mass is 16.3. The molecule has 0 radical (unpaired) electrons. The maximum absolute atomic E-state index is 9.45. The van der Waals surface area contributed by atoms with Gasteiger partial charge < -0.3 is 5.11 Å². The Morgan fingerprint density at radius 2 is 1.62 bits per heavy atom. The first kappa shape index (κ1) is 11.6. The van der Waals surface area contributed by atoms with Crippen molar-refractivity contribution >= 4 is 0 Å². The van der Waals surface area contributed by atoms with Crippen molar-refractivity contribution in [2.75, 3.05) is 0 Å². The monoisotopic (exact) mass is 174 g/mol. The molecule has 0 fully saturated rings. The van der Waals surface area contributed by atoms with Gasteiger partial charge in [-0.15, -0.1) is 0 Å². The van der Waals surface area contributed by atoms with Crippen LogP contribution in [0, 0.1) is 29.1 Å². The average molecular weight is 174 g/mol. The molecule has 0 saturated carbocycles. The number of rotatable bonds is 1. The van der Waals surface area contributed by atoms with Crippen LogP contribution in [0.3, 0.4) is 0 Å². The molecule has 0 spiro atoms. The molecule has 0 amide bonds. The molecular formula is C12H14O. The van der Waals surface area contributed by atoms with Crippen LogP contribution in [-0.2, 0) is 0 Å². The van der Waals surface area contributed by atoms with Crippen molar-refractivity contribution in [2.45, 2.75) is 20.0 Å². The third-order valence-corrected chi connectivity index (χ3v) is 1.70. The second kappa shape index (κ2) is 5.25. The first-order valence-electron chi connectivity index (χ1n) is 4.02. The molecule has 1 nitrogen and oxygen atoms in total. The Hall–Kier alpha value is -1.44. The van der Waals surface area contributed by atoms with E-state index in [9.17, 15) is 5.11 Å². The summed E-state index contributed by atoms with van der Waals surface area (Å²) in [7, 11) is 0. The van der Waals surface area contributed by atoms with Crippen LogP contribution in [0.25, 0.3) is 0 Å². The fourth-order valence-corrected chi connectivity index (χ4v) is 0.642. The van der Waals surface area contributed by atoms with Gasteiger partial charge in [-0.1, -0.05) is 36.8 Å². The van der Waals surface area contributed by atoms with Crippen LogP contribution >= 0.6 is 0 Å². The van der Waals surface area contributed by atoms with Crippen molar-refractivity contribution in [3.8, 4) is 23.7 Å². The zero-order chi connectivity index (χ0) is 10.3. The maximum Gasteiger partial charge on any atom is 0.115 e. The lowest BCUT2D eigenvalue weighted by atomic mass is 9.86. The highest BCUT2D eigenvalue weighted by molar-refractivity contribution is 5.32. The predicted molar refractivity (Wildman–Crippen MR) is 55.7 cm³/mol. The van der Waals surface area contributed by atoms with Gasteiger partial charge in [-0.05, 0) is 26.0 Å². The van der Waals surface area contributed by atoms with Gasteiger partial charge >= 0.3 is 0 Å². The van der Waals surface area contributed by atoms with Crippen molar-refractivity contribution in [3.63, 3.8) is 0 Å². The van der Waals surface area contributed by atoms with Crippen LogP contribution in [0.4, 0.5) is 0 Å². The van der Waals surface area contributed by atoms with Crippen LogP contribution < -0.4 is 0 Å². The van der Waals surface area contributed by atoms with Gasteiger partial charge in [0.05, 0.1) is 6.10 Å². The molecule has 68 valence electrons. The van der Waals surface area contributed by atoms with Gasteiger partial charge in [0.15, 0.2) is 0 Å². The fraction of sp³-hybridized carbons (Fsp3) is 0.333. The van der Waals surface area contributed by atoms with Crippen molar-refractivity contribution in [1.29, 1.82) is 0 Å². The minimum atomic E-state index is -0.706. The van der Waals surface area contributed by atoms with E-state index < -0.39 is 11.5 Å². The molecule has 0 aliphatic heterocycles. The smallest absolute Gasteiger partial charge is 0.115 e.